The number of hydrogen-bond donors (Lipinski definition) is 2. The Bertz CT molecular complexity index is 371. The van der Waals surface area contributed by atoms with Crippen molar-refractivity contribution in [3.63, 3.8) is 0 Å². The van der Waals surface area contributed by atoms with E-state index in [-0.39, 0.29) is 0 Å². The molecule has 0 spiro atoms. The van der Waals surface area contributed by atoms with Gasteiger partial charge in [-0.1, -0.05) is 31.5 Å². The molecule has 0 bridgehead atoms. The topological polar surface area (TPSA) is 32.3 Å². The molecule has 0 aliphatic carbocycles. The normalized spacial score (nSPS) is 15.1. The molecule has 2 heteroatoms. The third-order valence-corrected chi connectivity index (χ3v) is 3.07. The van der Waals surface area contributed by atoms with Crippen LogP contribution in [0.1, 0.15) is 43.0 Å². The van der Waals surface area contributed by atoms with Crippen LogP contribution >= 0.6 is 0 Å². The summed E-state index contributed by atoms with van der Waals surface area (Å²) in [4.78, 5) is 0. The minimum absolute atomic E-state index is 0.382. The summed E-state index contributed by atoms with van der Waals surface area (Å²) in [6, 6.07) is 4.64. The Morgan fingerprint density at radius 2 is 1.65 bits per heavy atom. The van der Waals surface area contributed by atoms with Gasteiger partial charge in [0, 0.05) is 12.6 Å². The van der Waals surface area contributed by atoms with E-state index in [2.05, 4.69) is 52.1 Å². The van der Waals surface area contributed by atoms with Crippen LogP contribution in [0.5, 0.6) is 0 Å². The van der Waals surface area contributed by atoms with Gasteiger partial charge in [0.05, 0.1) is 5.60 Å². The van der Waals surface area contributed by atoms with Gasteiger partial charge in [0.25, 0.3) is 0 Å². The highest BCUT2D eigenvalue weighted by molar-refractivity contribution is 5.41. The molecule has 1 aromatic carbocycles. The third kappa shape index (κ3) is 3.55. The largest absolute Gasteiger partial charge is 0.384 e. The van der Waals surface area contributed by atoms with Crippen LogP contribution in [0, 0.1) is 20.8 Å². The zero-order valence-corrected chi connectivity index (χ0v) is 11.9. The second-order valence-corrected chi connectivity index (χ2v) is 5.58. The number of benzene rings is 1. The number of aryl methyl sites for hydroxylation is 3. The minimum Gasteiger partial charge on any atom is -0.384 e. The standard InChI is InChI=1S/C15H25NO/c1-10(2)16-9-15(6,17)14-12(4)7-11(3)8-13(14)5/h7-8,10,16-17H,9H2,1-6H3. The average Bonchev–Trinajstić information content (AvgIpc) is 2.12. The highest BCUT2D eigenvalue weighted by Gasteiger charge is 2.26. The van der Waals surface area contributed by atoms with Gasteiger partial charge >= 0.3 is 0 Å². The SMILES string of the molecule is Cc1cc(C)c(C(C)(O)CNC(C)C)c(C)c1. The molecule has 0 saturated carbocycles. The first kappa shape index (κ1) is 14.2. The van der Waals surface area contributed by atoms with Crippen molar-refractivity contribution in [1.29, 1.82) is 0 Å². The third-order valence-electron chi connectivity index (χ3n) is 3.07. The minimum atomic E-state index is -0.813. The molecular formula is C15H25NO. The van der Waals surface area contributed by atoms with Crippen molar-refractivity contribution in [2.45, 2.75) is 53.2 Å². The zero-order valence-electron chi connectivity index (χ0n) is 11.9. The molecule has 1 atom stereocenters. The van der Waals surface area contributed by atoms with Gasteiger partial charge in [-0.2, -0.15) is 0 Å². The predicted molar refractivity (Wildman–Crippen MR) is 73.4 cm³/mol. The Balaban J connectivity index is 3.05. The van der Waals surface area contributed by atoms with Gasteiger partial charge in [0.1, 0.15) is 0 Å². The van der Waals surface area contributed by atoms with Gasteiger partial charge in [-0.3, -0.25) is 0 Å². The lowest BCUT2D eigenvalue weighted by Gasteiger charge is -2.29. The molecule has 0 aromatic heterocycles. The maximum absolute atomic E-state index is 10.6. The van der Waals surface area contributed by atoms with E-state index in [4.69, 9.17) is 0 Å². The number of aliphatic hydroxyl groups is 1. The fourth-order valence-electron chi connectivity index (χ4n) is 2.52. The first-order valence-corrected chi connectivity index (χ1v) is 6.28. The van der Waals surface area contributed by atoms with Gasteiger partial charge in [-0.05, 0) is 44.4 Å². The van der Waals surface area contributed by atoms with Crippen LogP contribution in [0.3, 0.4) is 0 Å². The van der Waals surface area contributed by atoms with E-state index in [1.165, 1.54) is 5.56 Å². The molecule has 0 radical (unpaired) electrons. The lowest BCUT2D eigenvalue weighted by atomic mass is 9.87. The predicted octanol–water partition coefficient (Wildman–Crippen LogP) is 2.82. The van der Waals surface area contributed by atoms with Crippen LogP contribution < -0.4 is 5.32 Å². The number of hydrogen-bond acceptors (Lipinski definition) is 2. The lowest BCUT2D eigenvalue weighted by molar-refractivity contribution is 0.0537. The van der Waals surface area contributed by atoms with Crippen LogP contribution in [0.15, 0.2) is 12.1 Å². The van der Waals surface area contributed by atoms with Crippen molar-refractivity contribution in [2.24, 2.45) is 0 Å². The van der Waals surface area contributed by atoms with Crippen molar-refractivity contribution in [3.05, 3.63) is 34.4 Å². The quantitative estimate of drug-likeness (QED) is 0.841. The van der Waals surface area contributed by atoms with Gasteiger partial charge < -0.3 is 10.4 Å². The molecule has 0 saturated heterocycles. The second kappa shape index (κ2) is 5.19. The summed E-state index contributed by atoms with van der Waals surface area (Å²) in [5, 5.41) is 13.9. The summed E-state index contributed by atoms with van der Waals surface area (Å²) in [7, 11) is 0. The monoisotopic (exact) mass is 235 g/mol. The van der Waals surface area contributed by atoms with Gasteiger partial charge in [-0.25, -0.2) is 0 Å². The first-order chi connectivity index (χ1) is 7.74. The van der Waals surface area contributed by atoms with Gasteiger partial charge in [-0.15, -0.1) is 0 Å². The van der Waals surface area contributed by atoms with E-state index in [0.29, 0.717) is 12.6 Å². The molecule has 1 aromatic rings. The van der Waals surface area contributed by atoms with Crippen molar-refractivity contribution in [3.8, 4) is 0 Å². The summed E-state index contributed by atoms with van der Waals surface area (Å²) in [5.74, 6) is 0. The van der Waals surface area contributed by atoms with Crippen molar-refractivity contribution in [2.75, 3.05) is 6.54 Å². The summed E-state index contributed by atoms with van der Waals surface area (Å²) in [6.07, 6.45) is 0. The number of nitrogens with one attached hydrogen (secondary N) is 1. The highest BCUT2D eigenvalue weighted by Crippen LogP contribution is 2.28. The molecule has 0 amide bonds. The molecular weight excluding hydrogens is 210 g/mol. The Morgan fingerprint density at radius 1 is 1.18 bits per heavy atom. The fraction of sp³-hybridized carbons (Fsp3) is 0.600. The Hall–Kier alpha value is -0.860. The summed E-state index contributed by atoms with van der Waals surface area (Å²) in [6.45, 7) is 12.9. The maximum Gasteiger partial charge on any atom is 0.0997 e. The molecule has 1 unspecified atom stereocenters. The van der Waals surface area contributed by atoms with E-state index in [9.17, 15) is 5.11 Å². The van der Waals surface area contributed by atoms with Gasteiger partial charge in [0.2, 0.25) is 0 Å². The molecule has 96 valence electrons. The molecule has 17 heavy (non-hydrogen) atoms. The molecule has 0 aliphatic heterocycles. The second-order valence-electron chi connectivity index (χ2n) is 5.58. The zero-order chi connectivity index (χ0) is 13.2. The smallest absolute Gasteiger partial charge is 0.0997 e. The summed E-state index contributed by atoms with van der Waals surface area (Å²) >= 11 is 0. The number of rotatable bonds is 4. The van der Waals surface area contributed by atoms with Crippen molar-refractivity contribution >= 4 is 0 Å². The summed E-state index contributed by atoms with van der Waals surface area (Å²) < 4.78 is 0. The molecule has 0 fully saturated rings. The molecule has 1 rings (SSSR count). The molecule has 2 N–H and O–H groups in total. The molecule has 0 heterocycles. The van der Waals surface area contributed by atoms with Crippen molar-refractivity contribution < 1.29 is 5.11 Å². The van der Waals surface area contributed by atoms with Crippen LogP contribution in [0.25, 0.3) is 0 Å². The lowest BCUT2D eigenvalue weighted by Crippen LogP contribution is -2.39. The Morgan fingerprint density at radius 3 is 2.06 bits per heavy atom. The van der Waals surface area contributed by atoms with E-state index in [1.54, 1.807) is 0 Å². The van der Waals surface area contributed by atoms with Crippen LogP contribution in [-0.2, 0) is 5.60 Å². The van der Waals surface area contributed by atoms with Crippen LogP contribution in [0.4, 0.5) is 0 Å². The Kier molecular flexibility index (Phi) is 4.34. The summed E-state index contributed by atoms with van der Waals surface area (Å²) in [5.41, 5.74) is 3.82. The Labute approximate surface area is 105 Å². The highest BCUT2D eigenvalue weighted by atomic mass is 16.3. The van der Waals surface area contributed by atoms with E-state index >= 15 is 0 Å². The van der Waals surface area contributed by atoms with E-state index in [0.717, 1.165) is 16.7 Å². The van der Waals surface area contributed by atoms with E-state index in [1.807, 2.05) is 6.92 Å². The maximum atomic E-state index is 10.6. The average molecular weight is 235 g/mol. The molecule has 0 aliphatic rings. The molecule has 2 nitrogen and oxygen atoms in total. The van der Waals surface area contributed by atoms with Gasteiger partial charge in [0.15, 0.2) is 0 Å². The van der Waals surface area contributed by atoms with Crippen molar-refractivity contribution in [1.82, 2.24) is 5.32 Å². The van der Waals surface area contributed by atoms with E-state index < -0.39 is 5.60 Å². The first-order valence-electron chi connectivity index (χ1n) is 6.28. The van der Waals surface area contributed by atoms with Crippen LogP contribution in [-0.4, -0.2) is 17.7 Å². The van der Waals surface area contributed by atoms with Crippen LogP contribution in [0.2, 0.25) is 0 Å². The fourth-order valence-corrected chi connectivity index (χ4v) is 2.52.